The monoisotopic (exact) mass is 217 g/mol. The molecule has 0 radical (unpaired) electrons. The number of hydrogen-bond donors (Lipinski definition) is 4. The van der Waals surface area contributed by atoms with Crippen molar-refractivity contribution >= 4 is 12.1 Å². The first-order valence-electron chi connectivity index (χ1n) is 4.74. The maximum atomic E-state index is 11.1. The zero-order chi connectivity index (χ0) is 11.3. The highest BCUT2D eigenvalue weighted by molar-refractivity contribution is 5.74. The Balaban J connectivity index is 2.23. The van der Waals surface area contributed by atoms with Gasteiger partial charge < -0.3 is 26.2 Å². The summed E-state index contributed by atoms with van der Waals surface area (Å²) in [7, 11) is 0. The maximum Gasteiger partial charge on any atom is 0.407 e. The molecule has 7 nitrogen and oxygen atoms in total. The molecule has 5 N–H and O–H groups in total. The highest BCUT2D eigenvalue weighted by Gasteiger charge is 2.31. The van der Waals surface area contributed by atoms with Crippen molar-refractivity contribution in [1.82, 2.24) is 10.6 Å². The van der Waals surface area contributed by atoms with Gasteiger partial charge in [0.15, 0.2) is 0 Å². The van der Waals surface area contributed by atoms with Gasteiger partial charge in [0.1, 0.15) is 12.1 Å². The predicted octanol–water partition coefficient (Wildman–Crippen LogP) is -1.51. The zero-order valence-corrected chi connectivity index (χ0v) is 8.23. The van der Waals surface area contributed by atoms with E-state index in [0.717, 1.165) is 0 Å². The number of aliphatic carboxylic acids is 1. The molecule has 2 atom stereocenters. The highest BCUT2D eigenvalue weighted by atomic mass is 16.6. The quantitative estimate of drug-likeness (QED) is 0.455. The molecule has 1 saturated heterocycles. The summed E-state index contributed by atoms with van der Waals surface area (Å²) in [6, 6.07) is -0.627. The molecule has 0 spiro atoms. The van der Waals surface area contributed by atoms with Gasteiger partial charge in [0.05, 0.1) is 0 Å². The largest absolute Gasteiger partial charge is 0.480 e. The van der Waals surface area contributed by atoms with Gasteiger partial charge in [-0.2, -0.15) is 0 Å². The molecule has 0 aliphatic carbocycles. The van der Waals surface area contributed by atoms with Gasteiger partial charge in [0.25, 0.3) is 0 Å². The fourth-order valence-electron chi connectivity index (χ4n) is 1.35. The van der Waals surface area contributed by atoms with E-state index >= 15 is 0 Å². The molecule has 0 aromatic rings. The van der Waals surface area contributed by atoms with Gasteiger partial charge in [-0.3, -0.25) is 4.79 Å². The van der Waals surface area contributed by atoms with E-state index in [0.29, 0.717) is 26.1 Å². The normalized spacial score (nSPS) is 24.9. The van der Waals surface area contributed by atoms with E-state index in [2.05, 4.69) is 10.6 Å². The molecule has 1 aliphatic heterocycles. The molecule has 0 bridgehead atoms. The minimum absolute atomic E-state index is 0.297. The molecule has 0 aromatic heterocycles. The lowest BCUT2D eigenvalue weighted by Gasteiger charge is -2.11. The van der Waals surface area contributed by atoms with E-state index in [1.165, 1.54) is 0 Å². The predicted molar refractivity (Wildman–Crippen MR) is 51.4 cm³/mol. The van der Waals surface area contributed by atoms with Crippen molar-refractivity contribution in [2.45, 2.75) is 18.6 Å². The molecule has 1 aliphatic rings. The van der Waals surface area contributed by atoms with E-state index in [4.69, 9.17) is 15.6 Å². The van der Waals surface area contributed by atoms with E-state index in [-0.39, 0.29) is 6.10 Å². The van der Waals surface area contributed by atoms with Crippen LogP contribution in [0.5, 0.6) is 0 Å². The summed E-state index contributed by atoms with van der Waals surface area (Å²) < 4.78 is 4.96. The van der Waals surface area contributed by atoms with E-state index in [1.54, 1.807) is 0 Å². The van der Waals surface area contributed by atoms with Crippen molar-refractivity contribution < 1.29 is 19.4 Å². The first-order valence-corrected chi connectivity index (χ1v) is 4.74. The number of carboxylic acid groups (broad SMARTS) is 1. The van der Waals surface area contributed by atoms with Gasteiger partial charge in [-0.15, -0.1) is 0 Å². The Hall–Kier alpha value is -1.34. The SMILES string of the molecule is NCCNC(=O)O[C@H]1CN[C@H](C(=O)O)C1. The van der Waals surface area contributed by atoms with Crippen LogP contribution in [0.2, 0.25) is 0 Å². The number of alkyl carbamates (subject to hydrolysis) is 1. The Kier molecular flexibility index (Phi) is 4.32. The average Bonchev–Trinajstić information content (AvgIpc) is 2.63. The smallest absolute Gasteiger partial charge is 0.407 e. The molecular formula is C8H15N3O4. The third-order valence-electron chi connectivity index (χ3n) is 2.08. The van der Waals surface area contributed by atoms with E-state index in [1.807, 2.05) is 0 Å². The van der Waals surface area contributed by atoms with Crippen LogP contribution < -0.4 is 16.4 Å². The molecule has 86 valence electrons. The summed E-state index contributed by atoms with van der Waals surface area (Å²) in [6.07, 6.45) is -0.645. The first-order chi connectivity index (χ1) is 7.13. The van der Waals surface area contributed by atoms with E-state index in [9.17, 15) is 9.59 Å². The van der Waals surface area contributed by atoms with Crippen LogP contribution in [0.1, 0.15) is 6.42 Å². The molecule has 1 fully saturated rings. The molecule has 0 unspecified atom stereocenters. The van der Waals surface area contributed by atoms with Crippen LogP contribution in [0.4, 0.5) is 4.79 Å². The lowest BCUT2D eigenvalue weighted by Crippen LogP contribution is -2.33. The minimum atomic E-state index is -0.927. The Morgan fingerprint density at radius 1 is 1.60 bits per heavy atom. The van der Waals surface area contributed by atoms with Crippen LogP contribution in [-0.4, -0.2) is 48.9 Å². The fourth-order valence-corrected chi connectivity index (χ4v) is 1.35. The Morgan fingerprint density at radius 2 is 2.33 bits per heavy atom. The number of rotatable bonds is 4. The molecule has 0 saturated carbocycles. The number of carboxylic acids is 1. The van der Waals surface area contributed by atoms with Crippen LogP contribution in [0, 0.1) is 0 Å². The summed E-state index contributed by atoms with van der Waals surface area (Å²) in [5.41, 5.74) is 5.19. The lowest BCUT2D eigenvalue weighted by atomic mass is 10.2. The standard InChI is InChI=1S/C8H15N3O4/c9-1-2-10-8(14)15-5-3-6(7(12)13)11-4-5/h5-6,11H,1-4,9H2,(H,10,14)(H,12,13)/t5-,6+/m1/s1. The third-order valence-corrected chi connectivity index (χ3v) is 2.08. The molecular weight excluding hydrogens is 202 g/mol. The van der Waals surface area contributed by atoms with Crippen LogP contribution in [-0.2, 0) is 9.53 Å². The Labute approximate surface area is 87.0 Å². The summed E-state index contributed by atoms with van der Waals surface area (Å²) in [4.78, 5) is 21.6. The molecule has 0 aromatic carbocycles. The van der Waals surface area contributed by atoms with Crippen molar-refractivity contribution in [3.8, 4) is 0 Å². The molecule has 1 amide bonds. The number of amides is 1. The van der Waals surface area contributed by atoms with Crippen molar-refractivity contribution in [3.05, 3.63) is 0 Å². The topological polar surface area (TPSA) is 114 Å². The van der Waals surface area contributed by atoms with E-state index < -0.39 is 18.1 Å². The zero-order valence-electron chi connectivity index (χ0n) is 8.23. The second kappa shape index (κ2) is 5.52. The maximum absolute atomic E-state index is 11.1. The third kappa shape index (κ3) is 3.72. The van der Waals surface area contributed by atoms with Crippen molar-refractivity contribution in [1.29, 1.82) is 0 Å². The summed E-state index contributed by atoms with van der Waals surface area (Å²) >= 11 is 0. The van der Waals surface area contributed by atoms with Crippen LogP contribution in [0.25, 0.3) is 0 Å². The molecule has 1 rings (SSSR count). The molecule has 7 heteroatoms. The van der Waals surface area contributed by atoms with Gasteiger partial charge in [0, 0.05) is 26.1 Å². The van der Waals surface area contributed by atoms with Crippen molar-refractivity contribution in [2.75, 3.05) is 19.6 Å². The molecule has 1 heterocycles. The molecule has 15 heavy (non-hydrogen) atoms. The highest BCUT2D eigenvalue weighted by Crippen LogP contribution is 2.10. The minimum Gasteiger partial charge on any atom is -0.480 e. The Morgan fingerprint density at radius 3 is 2.87 bits per heavy atom. The first kappa shape index (κ1) is 11.7. The summed E-state index contributed by atoms with van der Waals surface area (Å²) in [5, 5.41) is 13.9. The van der Waals surface area contributed by atoms with Gasteiger partial charge in [-0.1, -0.05) is 0 Å². The van der Waals surface area contributed by atoms with Crippen molar-refractivity contribution in [2.24, 2.45) is 5.73 Å². The number of nitrogens with two attached hydrogens (primary N) is 1. The second-order valence-electron chi connectivity index (χ2n) is 3.28. The number of carbonyl (C=O) groups is 2. The van der Waals surface area contributed by atoms with Crippen molar-refractivity contribution in [3.63, 3.8) is 0 Å². The van der Waals surface area contributed by atoms with Gasteiger partial charge in [-0.25, -0.2) is 4.79 Å². The van der Waals surface area contributed by atoms with Crippen LogP contribution >= 0.6 is 0 Å². The number of carbonyl (C=O) groups excluding carboxylic acids is 1. The average molecular weight is 217 g/mol. The number of nitrogens with one attached hydrogen (secondary N) is 2. The summed E-state index contributed by atoms with van der Waals surface area (Å²) in [6.45, 7) is 1.06. The van der Waals surface area contributed by atoms with Crippen LogP contribution in [0.15, 0.2) is 0 Å². The Bertz CT molecular complexity index is 246. The van der Waals surface area contributed by atoms with Crippen LogP contribution in [0.3, 0.4) is 0 Å². The number of hydrogen-bond acceptors (Lipinski definition) is 5. The summed E-state index contributed by atoms with van der Waals surface area (Å²) in [5.74, 6) is -0.927. The van der Waals surface area contributed by atoms with Gasteiger partial charge in [0.2, 0.25) is 0 Å². The number of ether oxygens (including phenoxy) is 1. The van der Waals surface area contributed by atoms with Gasteiger partial charge in [-0.05, 0) is 0 Å². The fraction of sp³-hybridized carbons (Fsp3) is 0.750. The lowest BCUT2D eigenvalue weighted by molar-refractivity contribution is -0.139. The van der Waals surface area contributed by atoms with Gasteiger partial charge >= 0.3 is 12.1 Å². The second-order valence-corrected chi connectivity index (χ2v) is 3.28.